The summed E-state index contributed by atoms with van der Waals surface area (Å²) in [5.41, 5.74) is 1.46. The van der Waals surface area contributed by atoms with E-state index in [0.717, 1.165) is 11.0 Å². The van der Waals surface area contributed by atoms with E-state index >= 15 is 0 Å². The van der Waals surface area contributed by atoms with E-state index < -0.39 is 0 Å². The Morgan fingerprint density at radius 1 is 0.613 bits per heavy atom. The molecule has 0 aliphatic carbocycles. The summed E-state index contributed by atoms with van der Waals surface area (Å²) in [5, 5.41) is 0. The van der Waals surface area contributed by atoms with Crippen molar-refractivity contribution in [2.45, 2.75) is 116 Å². The van der Waals surface area contributed by atoms with Crippen molar-refractivity contribution in [1.82, 2.24) is 0 Å². The topological polar surface area (TPSA) is 0 Å². The lowest BCUT2D eigenvalue weighted by Crippen LogP contribution is -3.00. The third kappa shape index (κ3) is 19.6. The van der Waals surface area contributed by atoms with Gasteiger partial charge in [-0.05, 0) is 25.7 Å². The van der Waals surface area contributed by atoms with Gasteiger partial charge < -0.3 is 16.9 Å². The van der Waals surface area contributed by atoms with Crippen LogP contribution in [0.25, 0.3) is 0 Å². The Balaban J connectivity index is 0.00000900. The Morgan fingerprint density at radius 3 is 1.42 bits per heavy atom. The molecule has 0 bridgehead atoms. The smallest absolute Gasteiger partial charge is 0.104 e. The molecule has 0 N–H and O–H groups in total. The Labute approximate surface area is 201 Å². The zero-order valence-electron chi connectivity index (χ0n) is 20.9. The molecule has 1 aromatic rings. The molecule has 0 atom stereocenters. The quantitative estimate of drug-likeness (QED) is 0.121. The van der Waals surface area contributed by atoms with E-state index in [1.165, 1.54) is 121 Å². The molecule has 180 valence electrons. The first-order valence-electron chi connectivity index (χ1n) is 13.1. The molecule has 1 rings (SSSR count). The van der Waals surface area contributed by atoms with Gasteiger partial charge in [0.25, 0.3) is 0 Å². The standard InChI is InChI=1S/C29H52N.ClH/c1-4-5-6-7-8-9-10-11-12-13-14-15-16-17-18-19-20-24-27-30(2,3)28-29-25-22-21-23-26-29;/h4,21-23,25-26H,1,5-20,24,27-28H2,2-3H3;1H/q+1;/p-1. The second-order valence-electron chi connectivity index (χ2n) is 10.0. The summed E-state index contributed by atoms with van der Waals surface area (Å²) in [7, 11) is 4.74. The van der Waals surface area contributed by atoms with E-state index in [4.69, 9.17) is 0 Å². The molecule has 0 radical (unpaired) electrons. The Morgan fingerprint density at radius 2 is 1.00 bits per heavy atom. The second kappa shape index (κ2) is 21.1. The van der Waals surface area contributed by atoms with Crippen LogP contribution in [0.5, 0.6) is 0 Å². The number of allylic oxidation sites excluding steroid dienone is 1. The van der Waals surface area contributed by atoms with Gasteiger partial charge in [-0.25, -0.2) is 0 Å². The zero-order valence-corrected chi connectivity index (χ0v) is 21.7. The fourth-order valence-electron chi connectivity index (χ4n) is 4.46. The fourth-order valence-corrected chi connectivity index (χ4v) is 4.46. The van der Waals surface area contributed by atoms with Crippen LogP contribution >= 0.6 is 0 Å². The van der Waals surface area contributed by atoms with E-state index in [9.17, 15) is 0 Å². The van der Waals surface area contributed by atoms with Gasteiger partial charge in [0.1, 0.15) is 6.54 Å². The molecule has 0 fully saturated rings. The van der Waals surface area contributed by atoms with E-state index in [-0.39, 0.29) is 12.4 Å². The third-order valence-electron chi connectivity index (χ3n) is 6.38. The lowest BCUT2D eigenvalue weighted by molar-refractivity contribution is -0.903. The Hall–Kier alpha value is -0.790. The second-order valence-corrected chi connectivity index (χ2v) is 10.0. The van der Waals surface area contributed by atoms with Gasteiger partial charge in [-0.15, -0.1) is 6.58 Å². The molecule has 0 aliphatic rings. The van der Waals surface area contributed by atoms with Gasteiger partial charge in [0, 0.05) is 5.56 Å². The minimum atomic E-state index is 0. The van der Waals surface area contributed by atoms with Crippen molar-refractivity contribution in [2.24, 2.45) is 0 Å². The SMILES string of the molecule is C=CCCCCCCCCCCCCCCCCCC[N+](C)(C)Cc1ccccc1.[Cl-]. The van der Waals surface area contributed by atoms with Gasteiger partial charge in [-0.2, -0.15) is 0 Å². The zero-order chi connectivity index (χ0) is 21.8. The van der Waals surface area contributed by atoms with Crippen LogP contribution in [0.3, 0.4) is 0 Å². The number of nitrogens with zero attached hydrogens (tertiary/aromatic N) is 1. The van der Waals surface area contributed by atoms with E-state index in [0.29, 0.717) is 0 Å². The monoisotopic (exact) mass is 449 g/mol. The summed E-state index contributed by atoms with van der Waals surface area (Å²) >= 11 is 0. The molecule has 0 heterocycles. The molecule has 0 amide bonds. The first-order chi connectivity index (χ1) is 14.6. The van der Waals surface area contributed by atoms with Crippen LogP contribution in [0, 0.1) is 0 Å². The highest BCUT2D eigenvalue weighted by molar-refractivity contribution is 5.13. The fraction of sp³-hybridized carbons (Fsp3) is 0.724. The summed E-state index contributed by atoms with van der Waals surface area (Å²) in [6, 6.07) is 10.9. The largest absolute Gasteiger partial charge is 1.00 e. The normalized spacial score (nSPS) is 11.3. The first kappa shape index (κ1) is 30.2. The molecule has 1 aromatic carbocycles. The number of quaternary nitrogens is 1. The summed E-state index contributed by atoms with van der Waals surface area (Å²) < 4.78 is 1.11. The van der Waals surface area contributed by atoms with Crippen molar-refractivity contribution in [3.8, 4) is 0 Å². The van der Waals surface area contributed by atoms with Gasteiger partial charge in [0.15, 0.2) is 0 Å². The highest BCUT2D eigenvalue weighted by atomic mass is 35.5. The predicted molar refractivity (Wildman–Crippen MR) is 136 cm³/mol. The van der Waals surface area contributed by atoms with Crippen molar-refractivity contribution >= 4 is 0 Å². The molecule has 0 unspecified atom stereocenters. The summed E-state index contributed by atoms with van der Waals surface area (Å²) in [4.78, 5) is 0. The Kier molecular flexibility index (Phi) is 20.5. The van der Waals surface area contributed by atoms with Gasteiger partial charge in [-0.3, -0.25) is 0 Å². The number of unbranched alkanes of at least 4 members (excludes halogenated alkanes) is 16. The van der Waals surface area contributed by atoms with Crippen LogP contribution in [0.2, 0.25) is 0 Å². The van der Waals surface area contributed by atoms with Crippen molar-refractivity contribution in [1.29, 1.82) is 0 Å². The molecule has 31 heavy (non-hydrogen) atoms. The van der Waals surface area contributed by atoms with E-state index in [1.807, 2.05) is 6.08 Å². The minimum Gasteiger partial charge on any atom is -1.00 e. The summed E-state index contributed by atoms with van der Waals surface area (Å²) in [6.07, 6.45) is 26.2. The number of rotatable bonds is 21. The molecule has 0 saturated carbocycles. The van der Waals surface area contributed by atoms with Crippen LogP contribution < -0.4 is 12.4 Å². The summed E-state index contributed by atoms with van der Waals surface area (Å²) in [6.45, 7) is 6.24. The van der Waals surface area contributed by atoms with Crippen molar-refractivity contribution in [3.63, 3.8) is 0 Å². The number of benzene rings is 1. The number of halogens is 1. The molecule has 0 spiro atoms. The molecular formula is C29H52ClN. The van der Waals surface area contributed by atoms with Crippen molar-refractivity contribution in [3.05, 3.63) is 48.6 Å². The maximum absolute atomic E-state index is 3.79. The molecular weight excluding hydrogens is 398 g/mol. The van der Waals surface area contributed by atoms with Gasteiger partial charge in [0.05, 0.1) is 20.6 Å². The third-order valence-corrected chi connectivity index (χ3v) is 6.38. The lowest BCUT2D eigenvalue weighted by Gasteiger charge is -2.30. The van der Waals surface area contributed by atoms with E-state index in [1.54, 1.807) is 0 Å². The van der Waals surface area contributed by atoms with Crippen molar-refractivity contribution in [2.75, 3.05) is 20.6 Å². The highest BCUT2D eigenvalue weighted by Crippen LogP contribution is 2.15. The van der Waals surface area contributed by atoms with Gasteiger partial charge in [-0.1, -0.05) is 120 Å². The molecule has 1 nitrogen and oxygen atoms in total. The van der Waals surface area contributed by atoms with Crippen LogP contribution in [-0.4, -0.2) is 25.1 Å². The van der Waals surface area contributed by atoms with Crippen LogP contribution in [0.4, 0.5) is 0 Å². The molecule has 0 saturated heterocycles. The highest BCUT2D eigenvalue weighted by Gasteiger charge is 2.14. The number of hydrogen-bond acceptors (Lipinski definition) is 0. The summed E-state index contributed by atoms with van der Waals surface area (Å²) in [5.74, 6) is 0. The van der Waals surface area contributed by atoms with Crippen molar-refractivity contribution < 1.29 is 16.9 Å². The van der Waals surface area contributed by atoms with Gasteiger partial charge in [0.2, 0.25) is 0 Å². The van der Waals surface area contributed by atoms with Gasteiger partial charge >= 0.3 is 0 Å². The Bertz CT molecular complexity index is 497. The van der Waals surface area contributed by atoms with Crippen LogP contribution in [0.15, 0.2) is 43.0 Å². The molecule has 0 aliphatic heterocycles. The maximum atomic E-state index is 3.79. The molecule has 0 aromatic heterocycles. The first-order valence-corrected chi connectivity index (χ1v) is 13.1. The average Bonchev–Trinajstić information content (AvgIpc) is 2.73. The van der Waals surface area contributed by atoms with Crippen LogP contribution in [0.1, 0.15) is 115 Å². The maximum Gasteiger partial charge on any atom is 0.104 e. The van der Waals surface area contributed by atoms with Crippen LogP contribution in [-0.2, 0) is 6.54 Å². The predicted octanol–water partition coefficient (Wildman–Crippen LogP) is 6.08. The van der Waals surface area contributed by atoms with E-state index in [2.05, 4.69) is 51.0 Å². The lowest BCUT2D eigenvalue weighted by atomic mass is 10.0. The minimum absolute atomic E-state index is 0. The molecule has 2 heteroatoms. The number of hydrogen-bond donors (Lipinski definition) is 0. The average molecular weight is 450 g/mol.